The number of rotatable bonds is 4. The summed E-state index contributed by atoms with van der Waals surface area (Å²) in [6, 6.07) is 2.23. The molecule has 1 aliphatic carbocycles. The summed E-state index contributed by atoms with van der Waals surface area (Å²) in [5, 5.41) is 18.8. The average molecular weight is 279 g/mol. The SMILES string of the molecule is CC(CC#N)N(C)c1nc2c(s1)CCCC2C(=O)O. The zero-order valence-corrected chi connectivity index (χ0v) is 11.9. The lowest BCUT2D eigenvalue weighted by Gasteiger charge is -2.21. The van der Waals surface area contributed by atoms with Crippen molar-refractivity contribution < 1.29 is 9.90 Å². The average Bonchev–Trinajstić information content (AvgIpc) is 2.81. The highest BCUT2D eigenvalue weighted by molar-refractivity contribution is 7.15. The number of anilines is 1. The molecule has 0 spiro atoms. The van der Waals surface area contributed by atoms with Gasteiger partial charge in [-0.2, -0.15) is 5.26 Å². The lowest BCUT2D eigenvalue weighted by molar-refractivity contribution is -0.139. The zero-order valence-electron chi connectivity index (χ0n) is 11.1. The van der Waals surface area contributed by atoms with E-state index in [2.05, 4.69) is 11.1 Å². The van der Waals surface area contributed by atoms with E-state index in [1.165, 1.54) is 0 Å². The second-order valence-electron chi connectivity index (χ2n) is 4.91. The Kier molecular flexibility index (Phi) is 4.05. The quantitative estimate of drug-likeness (QED) is 0.915. The van der Waals surface area contributed by atoms with Crippen molar-refractivity contribution in [2.45, 2.75) is 44.6 Å². The molecule has 0 aliphatic heterocycles. The fourth-order valence-corrected chi connectivity index (χ4v) is 3.48. The van der Waals surface area contributed by atoms with E-state index < -0.39 is 11.9 Å². The summed E-state index contributed by atoms with van der Waals surface area (Å²) >= 11 is 1.56. The molecule has 5 nitrogen and oxygen atoms in total. The summed E-state index contributed by atoms with van der Waals surface area (Å²) in [7, 11) is 1.90. The summed E-state index contributed by atoms with van der Waals surface area (Å²) in [5.41, 5.74) is 0.731. The van der Waals surface area contributed by atoms with Crippen molar-refractivity contribution >= 4 is 22.4 Å². The molecule has 1 aliphatic rings. The topological polar surface area (TPSA) is 77.2 Å². The molecule has 0 amide bonds. The molecule has 102 valence electrons. The molecule has 0 bridgehead atoms. The highest BCUT2D eigenvalue weighted by atomic mass is 32.1. The van der Waals surface area contributed by atoms with Gasteiger partial charge in [0.15, 0.2) is 5.13 Å². The van der Waals surface area contributed by atoms with Crippen LogP contribution in [0, 0.1) is 11.3 Å². The van der Waals surface area contributed by atoms with Crippen LogP contribution in [0.2, 0.25) is 0 Å². The fourth-order valence-electron chi connectivity index (χ4n) is 2.25. The first kappa shape index (κ1) is 13.8. The molecular weight excluding hydrogens is 262 g/mol. The van der Waals surface area contributed by atoms with Gasteiger partial charge >= 0.3 is 5.97 Å². The molecular formula is C13H17N3O2S. The maximum atomic E-state index is 11.2. The number of aromatic nitrogens is 1. The minimum absolute atomic E-state index is 0.0841. The van der Waals surface area contributed by atoms with Crippen LogP contribution in [-0.4, -0.2) is 29.1 Å². The molecule has 1 N–H and O–H groups in total. The van der Waals surface area contributed by atoms with E-state index in [0.717, 1.165) is 28.5 Å². The van der Waals surface area contributed by atoms with Gasteiger partial charge in [0.2, 0.25) is 0 Å². The summed E-state index contributed by atoms with van der Waals surface area (Å²) in [4.78, 5) is 18.8. The Labute approximate surface area is 116 Å². The first-order valence-electron chi connectivity index (χ1n) is 6.36. The predicted octanol–water partition coefficient (Wildman–Crippen LogP) is 2.39. The van der Waals surface area contributed by atoms with E-state index in [4.69, 9.17) is 5.26 Å². The number of carbonyl (C=O) groups is 1. The lowest BCUT2D eigenvalue weighted by atomic mass is 9.91. The van der Waals surface area contributed by atoms with Gasteiger partial charge in [-0.05, 0) is 26.2 Å². The number of carboxylic acid groups (broad SMARTS) is 1. The van der Waals surface area contributed by atoms with Gasteiger partial charge in [-0.15, -0.1) is 11.3 Å². The molecule has 1 aromatic heterocycles. The first-order chi connectivity index (χ1) is 9.04. The Morgan fingerprint density at radius 3 is 3.11 bits per heavy atom. The summed E-state index contributed by atoms with van der Waals surface area (Å²) < 4.78 is 0. The van der Waals surface area contributed by atoms with E-state index in [9.17, 15) is 9.90 Å². The Morgan fingerprint density at radius 1 is 1.74 bits per heavy atom. The number of fused-ring (bicyclic) bond motifs is 1. The molecule has 0 aromatic carbocycles. The van der Waals surface area contributed by atoms with Crippen molar-refractivity contribution in [2.24, 2.45) is 0 Å². The van der Waals surface area contributed by atoms with Gasteiger partial charge in [0.1, 0.15) is 5.92 Å². The minimum Gasteiger partial charge on any atom is -0.481 e. The van der Waals surface area contributed by atoms with Crippen LogP contribution in [0.15, 0.2) is 0 Å². The minimum atomic E-state index is -0.787. The number of nitriles is 1. The summed E-state index contributed by atoms with van der Waals surface area (Å²) in [6.07, 6.45) is 2.92. The number of nitrogens with zero attached hydrogens (tertiary/aromatic N) is 3. The zero-order chi connectivity index (χ0) is 14.0. The second kappa shape index (κ2) is 5.57. The first-order valence-corrected chi connectivity index (χ1v) is 7.18. The molecule has 0 radical (unpaired) electrons. The van der Waals surface area contributed by atoms with Gasteiger partial charge in [-0.25, -0.2) is 4.98 Å². The summed E-state index contributed by atoms with van der Waals surface area (Å²) in [6.45, 7) is 1.97. The number of thiazole rings is 1. The number of hydrogen-bond donors (Lipinski definition) is 1. The normalized spacial score (nSPS) is 19.3. The van der Waals surface area contributed by atoms with Crippen molar-refractivity contribution in [3.05, 3.63) is 10.6 Å². The van der Waals surface area contributed by atoms with Crippen LogP contribution in [0.25, 0.3) is 0 Å². The lowest BCUT2D eigenvalue weighted by Crippen LogP contribution is -2.28. The van der Waals surface area contributed by atoms with Crippen molar-refractivity contribution in [2.75, 3.05) is 11.9 Å². The third kappa shape index (κ3) is 2.71. The molecule has 19 heavy (non-hydrogen) atoms. The van der Waals surface area contributed by atoms with Crippen molar-refractivity contribution in [1.82, 2.24) is 4.98 Å². The van der Waals surface area contributed by atoms with Crippen LogP contribution in [0.1, 0.15) is 42.7 Å². The fraction of sp³-hybridized carbons (Fsp3) is 0.615. The van der Waals surface area contributed by atoms with Crippen molar-refractivity contribution in [1.29, 1.82) is 5.26 Å². The Morgan fingerprint density at radius 2 is 2.47 bits per heavy atom. The van der Waals surface area contributed by atoms with Crippen LogP contribution in [0.3, 0.4) is 0 Å². The highest BCUT2D eigenvalue weighted by Gasteiger charge is 2.30. The van der Waals surface area contributed by atoms with Gasteiger partial charge < -0.3 is 10.0 Å². The third-order valence-corrected chi connectivity index (χ3v) is 4.81. The number of aliphatic carboxylic acids is 1. The highest BCUT2D eigenvalue weighted by Crippen LogP contribution is 2.38. The van der Waals surface area contributed by atoms with Crippen LogP contribution in [0.4, 0.5) is 5.13 Å². The molecule has 2 unspecified atom stereocenters. The standard InChI is InChI=1S/C13H17N3O2S/c1-8(6-7-14)16(2)13-15-11-9(12(17)18)4-3-5-10(11)19-13/h8-9H,3-6H2,1-2H3,(H,17,18). The van der Waals surface area contributed by atoms with Crippen LogP contribution in [-0.2, 0) is 11.2 Å². The van der Waals surface area contributed by atoms with E-state index in [0.29, 0.717) is 12.8 Å². The second-order valence-corrected chi connectivity index (χ2v) is 5.97. The molecule has 0 saturated carbocycles. The smallest absolute Gasteiger partial charge is 0.312 e. The van der Waals surface area contributed by atoms with E-state index >= 15 is 0 Å². The molecule has 0 fully saturated rings. The predicted molar refractivity (Wildman–Crippen MR) is 73.5 cm³/mol. The van der Waals surface area contributed by atoms with E-state index in [1.807, 2.05) is 18.9 Å². The molecule has 2 rings (SSSR count). The Balaban J connectivity index is 2.26. The van der Waals surface area contributed by atoms with Gasteiger partial charge in [0.05, 0.1) is 18.2 Å². The van der Waals surface area contributed by atoms with E-state index in [-0.39, 0.29) is 6.04 Å². The van der Waals surface area contributed by atoms with E-state index in [1.54, 1.807) is 11.3 Å². The van der Waals surface area contributed by atoms with Crippen LogP contribution in [0.5, 0.6) is 0 Å². The Bertz CT molecular complexity index is 520. The third-order valence-electron chi connectivity index (χ3n) is 3.59. The maximum Gasteiger partial charge on any atom is 0.312 e. The maximum absolute atomic E-state index is 11.2. The van der Waals surface area contributed by atoms with Gasteiger partial charge in [-0.3, -0.25) is 4.79 Å². The van der Waals surface area contributed by atoms with Crippen molar-refractivity contribution in [3.63, 3.8) is 0 Å². The van der Waals surface area contributed by atoms with Gasteiger partial charge in [-0.1, -0.05) is 0 Å². The molecule has 2 atom stereocenters. The summed E-state index contributed by atoms with van der Waals surface area (Å²) in [5.74, 6) is -1.25. The number of hydrogen-bond acceptors (Lipinski definition) is 5. The Hall–Kier alpha value is -1.61. The molecule has 1 aromatic rings. The largest absolute Gasteiger partial charge is 0.481 e. The number of carboxylic acids is 1. The van der Waals surface area contributed by atoms with Crippen molar-refractivity contribution in [3.8, 4) is 6.07 Å². The van der Waals surface area contributed by atoms with Gasteiger partial charge in [0, 0.05) is 18.0 Å². The van der Waals surface area contributed by atoms with Crippen LogP contribution >= 0.6 is 11.3 Å². The molecule has 0 saturated heterocycles. The molecule has 1 heterocycles. The van der Waals surface area contributed by atoms with Crippen LogP contribution < -0.4 is 4.90 Å². The monoisotopic (exact) mass is 279 g/mol. The number of aryl methyl sites for hydroxylation is 1. The molecule has 6 heteroatoms. The van der Waals surface area contributed by atoms with Gasteiger partial charge in [0.25, 0.3) is 0 Å².